The van der Waals surface area contributed by atoms with Crippen LogP contribution < -0.4 is 0 Å². The summed E-state index contributed by atoms with van der Waals surface area (Å²) in [6.07, 6.45) is 5.35. The second kappa shape index (κ2) is 8.60. The molecule has 0 aromatic heterocycles. The quantitative estimate of drug-likeness (QED) is 0.717. The largest absolute Gasteiger partial charge is 0.339 e. The molecule has 1 unspecified atom stereocenters. The first kappa shape index (κ1) is 15.5. The summed E-state index contributed by atoms with van der Waals surface area (Å²) in [5.74, 6) is 0.963. The molecule has 96 valence electrons. The molecule has 2 nitrogen and oxygen atoms in total. The van der Waals surface area contributed by atoms with E-state index in [2.05, 4.69) is 25.7 Å². The van der Waals surface area contributed by atoms with Crippen LogP contribution >= 0.6 is 0 Å². The standard InChI is InChI=1S/C12H23NO.C2H6/c1-4-11(10(2)3)13-9-7-5-6-8-12(13)14;1-2/h10-11H,4-9H2,1-3H3;1-2H3. The van der Waals surface area contributed by atoms with Gasteiger partial charge in [-0.3, -0.25) is 4.79 Å². The van der Waals surface area contributed by atoms with Crippen molar-refractivity contribution in [3.8, 4) is 0 Å². The Hall–Kier alpha value is -0.530. The summed E-state index contributed by atoms with van der Waals surface area (Å²) in [5.41, 5.74) is 0. The summed E-state index contributed by atoms with van der Waals surface area (Å²) in [5, 5.41) is 0. The Bertz CT molecular complexity index is 189. The molecule has 1 atom stereocenters. The van der Waals surface area contributed by atoms with Crippen LogP contribution in [0.2, 0.25) is 0 Å². The van der Waals surface area contributed by atoms with E-state index in [1.54, 1.807) is 0 Å². The van der Waals surface area contributed by atoms with Gasteiger partial charge in [0.05, 0.1) is 0 Å². The fraction of sp³-hybridized carbons (Fsp3) is 0.929. The maximum absolute atomic E-state index is 11.8. The minimum Gasteiger partial charge on any atom is -0.339 e. The smallest absolute Gasteiger partial charge is 0.222 e. The highest BCUT2D eigenvalue weighted by molar-refractivity contribution is 5.76. The van der Waals surface area contributed by atoms with Crippen LogP contribution in [-0.4, -0.2) is 23.4 Å². The molecule has 0 aromatic carbocycles. The van der Waals surface area contributed by atoms with Crippen molar-refractivity contribution in [3.05, 3.63) is 0 Å². The zero-order valence-corrected chi connectivity index (χ0v) is 11.8. The van der Waals surface area contributed by atoms with Gasteiger partial charge in [0.1, 0.15) is 0 Å². The number of hydrogen-bond acceptors (Lipinski definition) is 1. The Balaban J connectivity index is 0.00000106. The van der Waals surface area contributed by atoms with Crippen molar-refractivity contribution in [2.75, 3.05) is 6.54 Å². The molecule has 0 radical (unpaired) electrons. The van der Waals surface area contributed by atoms with E-state index in [-0.39, 0.29) is 0 Å². The van der Waals surface area contributed by atoms with E-state index in [4.69, 9.17) is 0 Å². The monoisotopic (exact) mass is 227 g/mol. The van der Waals surface area contributed by atoms with E-state index < -0.39 is 0 Å². The van der Waals surface area contributed by atoms with Crippen molar-refractivity contribution in [1.82, 2.24) is 4.90 Å². The average Bonchev–Trinajstić information content (AvgIpc) is 2.48. The van der Waals surface area contributed by atoms with Gasteiger partial charge in [-0.25, -0.2) is 0 Å². The first-order valence-corrected chi connectivity index (χ1v) is 6.96. The second-order valence-corrected chi connectivity index (χ2v) is 4.62. The van der Waals surface area contributed by atoms with Crippen LogP contribution in [0.25, 0.3) is 0 Å². The molecule has 0 aliphatic carbocycles. The van der Waals surface area contributed by atoms with Gasteiger partial charge in [-0.1, -0.05) is 41.0 Å². The highest BCUT2D eigenvalue weighted by Crippen LogP contribution is 2.20. The lowest BCUT2D eigenvalue weighted by atomic mass is 9.99. The molecule has 1 fully saturated rings. The Morgan fingerprint density at radius 3 is 2.31 bits per heavy atom. The highest BCUT2D eigenvalue weighted by atomic mass is 16.2. The lowest BCUT2D eigenvalue weighted by molar-refractivity contribution is -0.134. The molecule has 0 bridgehead atoms. The van der Waals surface area contributed by atoms with Crippen LogP contribution in [0.15, 0.2) is 0 Å². The van der Waals surface area contributed by atoms with Crippen LogP contribution in [0.4, 0.5) is 0 Å². The van der Waals surface area contributed by atoms with Crippen LogP contribution in [-0.2, 0) is 4.79 Å². The fourth-order valence-corrected chi connectivity index (χ4v) is 2.41. The summed E-state index contributed by atoms with van der Waals surface area (Å²) in [6.45, 7) is 11.6. The second-order valence-electron chi connectivity index (χ2n) is 4.62. The van der Waals surface area contributed by atoms with E-state index >= 15 is 0 Å². The Morgan fingerprint density at radius 1 is 1.19 bits per heavy atom. The van der Waals surface area contributed by atoms with Crippen molar-refractivity contribution >= 4 is 5.91 Å². The van der Waals surface area contributed by atoms with E-state index in [0.29, 0.717) is 17.9 Å². The molecular formula is C14H29NO. The average molecular weight is 227 g/mol. The van der Waals surface area contributed by atoms with Gasteiger partial charge in [-0.15, -0.1) is 0 Å². The van der Waals surface area contributed by atoms with Crippen molar-refractivity contribution in [3.63, 3.8) is 0 Å². The molecule has 1 aliphatic heterocycles. The molecule has 0 saturated carbocycles. The minimum atomic E-state index is 0.378. The molecule has 1 aliphatic rings. The maximum atomic E-state index is 11.8. The van der Waals surface area contributed by atoms with E-state index in [1.165, 1.54) is 12.8 Å². The van der Waals surface area contributed by atoms with Crippen LogP contribution in [0.3, 0.4) is 0 Å². The molecule has 1 rings (SSSR count). The van der Waals surface area contributed by atoms with E-state index in [0.717, 1.165) is 25.8 Å². The van der Waals surface area contributed by atoms with Crippen LogP contribution in [0.5, 0.6) is 0 Å². The topological polar surface area (TPSA) is 20.3 Å². The number of amides is 1. The van der Waals surface area contributed by atoms with Gasteiger partial charge in [0, 0.05) is 19.0 Å². The maximum Gasteiger partial charge on any atom is 0.222 e. The molecule has 2 heteroatoms. The number of rotatable bonds is 3. The molecule has 0 aromatic rings. The predicted molar refractivity (Wildman–Crippen MR) is 70.4 cm³/mol. The van der Waals surface area contributed by atoms with Gasteiger partial charge in [0.15, 0.2) is 0 Å². The number of carbonyl (C=O) groups excluding carboxylic acids is 1. The number of carbonyl (C=O) groups is 1. The summed E-state index contributed by atoms with van der Waals surface area (Å²) in [6, 6.07) is 0.459. The number of hydrogen-bond donors (Lipinski definition) is 0. The lowest BCUT2D eigenvalue weighted by Crippen LogP contribution is -2.42. The predicted octanol–water partition coefficient (Wildman–Crippen LogP) is 3.85. The molecule has 1 amide bonds. The normalized spacial score (nSPS) is 18.9. The molecular weight excluding hydrogens is 198 g/mol. The zero-order valence-electron chi connectivity index (χ0n) is 11.8. The fourth-order valence-electron chi connectivity index (χ4n) is 2.41. The van der Waals surface area contributed by atoms with Crippen molar-refractivity contribution in [2.24, 2.45) is 5.92 Å². The van der Waals surface area contributed by atoms with E-state index in [9.17, 15) is 4.79 Å². The SMILES string of the molecule is CC.CCC(C(C)C)N1CCCCCC1=O. The third kappa shape index (κ3) is 4.54. The van der Waals surface area contributed by atoms with Crippen LogP contribution in [0.1, 0.15) is 66.7 Å². The third-order valence-corrected chi connectivity index (χ3v) is 3.20. The van der Waals surface area contributed by atoms with Crippen molar-refractivity contribution < 1.29 is 4.79 Å². The Labute approximate surface area is 101 Å². The van der Waals surface area contributed by atoms with Crippen LogP contribution in [0, 0.1) is 5.92 Å². The zero-order chi connectivity index (χ0) is 12.6. The van der Waals surface area contributed by atoms with Gasteiger partial charge in [0.25, 0.3) is 0 Å². The molecule has 1 saturated heterocycles. The number of nitrogens with zero attached hydrogens (tertiary/aromatic N) is 1. The first-order valence-electron chi connectivity index (χ1n) is 6.96. The summed E-state index contributed by atoms with van der Waals surface area (Å²) in [4.78, 5) is 14.0. The molecule has 16 heavy (non-hydrogen) atoms. The van der Waals surface area contributed by atoms with Gasteiger partial charge < -0.3 is 4.90 Å². The highest BCUT2D eigenvalue weighted by Gasteiger charge is 2.25. The first-order chi connectivity index (χ1) is 7.66. The number of likely N-dealkylation sites (tertiary alicyclic amines) is 1. The summed E-state index contributed by atoms with van der Waals surface area (Å²) >= 11 is 0. The molecule has 1 heterocycles. The van der Waals surface area contributed by atoms with Crippen molar-refractivity contribution in [2.45, 2.75) is 72.8 Å². The van der Waals surface area contributed by atoms with Gasteiger partial charge in [-0.2, -0.15) is 0 Å². The lowest BCUT2D eigenvalue weighted by Gasteiger charge is -2.33. The van der Waals surface area contributed by atoms with Crippen molar-refractivity contribution in [1.29, 1.82) is 0 Å². The summed E-state index contributed by atoms with van der Waals surface area (Å²) in [7, 11) is 0. The Morgan fingerprint density at radius 2 is 1.81 bits per heavy atom. The third-order valence-electron chi connectivity index (χ3n) is 3.20. The molecule has 0 spiro atoms. The van der Waals surface area contributed by atoms with Gasteiger partial charge >= 0.3 is 0 Å². The van der Waals surface area contributed by atoms with Gasteiger partial charge in [-0.05, 0) is 25.2 Å². The molecule has 0 N–H and O–H groups in total. The summed E-state index contributed by atoms with van der Waals surface area (Å²) < 4.78 is 0. The Kier molecular flexibility index (Phi) is 8.32. The minimum absolute atomic E-state index is 0.378. The van der Waals surface area contributed by atoms with E-state index in [1.807, 2.05) is 13.8 Å². The van der Waals surface area contributed by atoms with Gasteiger partial charge in [0.2, 0.25) is 5.91 Å².